The molecule has 0 radical (unpaired) electrons. The van der Waals surface area contributed by atoms with E-state index in [1.807, 2.05) is 5.32 Å². The SMILES string of the molecule is N=CC(=NC(F)(F)F)NC(=O)NC1CCCCC1. The molecule has 1 rings (SSSR count). The summed E-state index contributed by atoms with van der Waals surface area (Å²) in [4.78, 5) is 13.7. The molecular formula is C10H15F3N4O. The quantitative estimate of drug-likeness (QED) is 0.399. The minimum absolute atomic E-state index is 0.0170. The van der Waals surface area contributed by atoms with Gasteiger partial charge in [0, 0.05) is 6.04 Å². The number of nitrogens with one attached hydrogen (secondary N) is 3. The van der Waals surface area contributed by atoms with Gasteiger partial charge in [-0.25, -0.2) is 4.79 Å². The summed E-state index contributed by atoms with van der Waals surface area (Å²) >= 11 is 0. The first-order valence-electron chi connectivity index (χ1n) is 5.65. The molecule has 3 N–H and O–H groups in total. The predicted molar refractivity (Wildman–Crippen MR) is 60.8 cm³/mol. The summed E-state index contributed by atoms with van der Waals surface area (Å²) < 4.78 is 35.8. The van der Waals surface area contributed by atoms with Crippen LogP contribution in [0.15, 0.2) is 4.99 Å². The first-order valence-corrected chi connectivity index (χ1v) is 5.65. The standard InChI is InChI=1S/C10H15F3N4O/c11-10(12,13)17-8(6-14)16-9(18)15-7-4-2-1-3-5-7/h6-7,14H,1-5H2,(H2,15,16,17,18). The molecule has 0 aromatic carbocycles. The zero-order valence-corrected chi connectivity index (χ0v) is 9.68. The number of urea groups is 1. The van der Waals surface area contributed by atoms with Crippen LogP contribution in [0.2, 0.25) is 0 Å². The fourth-order valence-corrected chi connectivity index (χ4v) is 1.82. The fraction of sp³-hybridized carbons (Fsp3) is 0.700. The van der Waals surface area contributed by atoms with Crippen LogP contribution in [0.4, 0.5) is 18.0 Å². The van der Waals surface area contributed by atoms with Crippen LogP contribution >= 0.6 is 0 Å². The highest BCUT2D eigenvalue weighted by molar-refractivity contribution is 6.31. The maximum Gasteiger partial charge on any atom is 0.505 e. The first kappa shape index (κ1) is 14.5. The number of halogens is 3. The number of carbonyl (C=O) groups is 1. The molecule has 8 heteroatoms. The molecule has 0 unspecified atom stereocenters. The van der Waals surface area contributed by atoms with Gasteiger partial charge in [0.15, 0.2) is 5.84 Å². The van der Waals surface area contributed by atoms with Crippen molar-refractivity contribution in [3.05, 3.63) is 0 Å². The average Bonchev–Trinajstić information content (AvgIpc) is 2.27. The molecule has 1 aliphatic carbocycles. The van der Waals surface area contributed by atoms with Crippen molar-refractivity contribution < 1.29 is 18.0 Å². The molecule has 0 spiro atoms. The maximum atomic E-state index is 11.9. The number of amidine groups is 1. The van der Waals surface area contributed by atoms with Crippen molar-refractivity contribution in [3.8, 4) is 0 Å². The van der Waals surface area contributed by atoms with Crippen LogP contribution in [0, 0.1) is 5.41 Å². The van der Waals surface area contributed by atoms with Gasteiger partial charge in [-0.15, -0.1) is 13.2 Å². The van der Waals surface area contributed by atoms with Crippen LogP contribution in [0.25, 0.3) is 0 Å². The molecule has 0 aromatic rings. The highest BCUT2D eigenvalue weighted by Crippen LogP contribution is 2.17. The molecule has 0 atom stereocenters. The Morgan fingerprint density at radius 1 is 1.28 bits per heavy atom. The van der Waals surface area contributed by atoms with E-state index in [4.69, 9.17) is 5.41 Å². The lowest BCUT2D eigenvalue weighted by molar-refractivity contribution is -0.119. The van der Waals surface area contributed by atoms with Gasteiger partial charge < -0.3 is 10.7 Å². The summed E-state index contributed by atoms with van der Waals surface area (Å²) in [6.07, 6.45) is 0.311. The van der Waals surface area contributed by atoms with E-state index in [1.54, 1.807) is 0 Å². The van der Waals surface area contributed by atoms with E-state index in [0.29, 0.717) is 6.21 Å². The lowest BCUT2D eigenvalue weighted by atomic mass is 9.96. The Morgan fingerprint density at radius 3 is 2.39 bits per heavy atom. The van der Waals surface area contributed by atoms with E-state index >= 15 is 0 Å². The lowest BCUT2D eigenvalue weighted by Gasteiger charge is -2.22. The Bertz CT molecular complexity index is 335. The Labute approximate surface area is 102 Å². The third-order valence-corrected chi connectivity index (χ3v) is 2.57. The Balaban J connectivity index is 2.47. The zero-order chi connectivity index (χ0) is 13.6. The third kappa shape index (κ3) is 5.65. The number of hydrogen-bond donors (Lipinski definition) is 3. The van der Waals surface area contributed by atoms with Gasteiger partial charge in [-0.2, -0.15) is 4.99 Å². The van der Waals surface area contributed by atoms with Gasteiger partial charge in [0.05, 0.1) is 6.21 Å². The molecule has 2 amide bonds. The Kier molecular flexibility index (Phi) is 5.11. The van der Waals surface area contributed by atoms with Gasteiger partial charge in [-0.3, -0.25) is 5.32 Å². The number of amides is 2. The smallest absolute Gasteiger partial charge is 0.335 e. The highest BCUT2D eigenvalue weighted by atomic mass is 19.4. The van der Waals surface area contributed by atoms with Crippen molar-refractivity contribution >= 4 is 18.1 Å². The van der Waals surface area contributed by atoms with Crippen LogP contribution in [0.5, 0.6) is 0 Å². The summed E-state index contributed by atoms with van der Waals surface area (Å²) in [5.41, 5.74) is 0. The van der Waals surface area contributed by atoms with Gasteiger partial charge in [0.1, 0.15) is 0 Å². The molecule has 1 aliphatic rings. The van der Waals surface area contributed by atoms with E-state index in [0.717, 1.165) is 32.1 Å². The number of rotatable bonds is 2. The molecule has 0 saturated heterocycles. The number of nitrogens with zero attached hydrogens (tertiary/aromatic N) is 1. The van der Waals surface area contributed by atoms with E-state index in [1.165, 1.54) is 0 Å². The first-order chi connectivity index (χ1) is 8.40. The van der Waals surface area contributed by atoms with Crippen LogP contribution in [-0.4, -0.2) is 30.4 Å². The van der Waals surface area contributed by atoms with Crippen molar-refractivity contribution in [2.75, 3.05) is 0 Å². The largest absolute Gasteiger partial charge is 0.505 e. The second-order valence-corrected chi connectivity index (χ2v) is 4.04. The zero-order valence-electron chi connectivity index (χ0n) is 9.68. The summed E-state index contributed by atoms with van der Waals surface area (Å²) in [6.45, 7) is 0. The molecule has 18 heavy (non-hydrogen) atoms. The summed E-state index contributed by atoms with van der Waals surface area (Å²) in [5, 5.41) is 11.2. The minimum atomic E-state index is -4.80. The lowest BCUT2D eigenvalue weighted by Crippen LogP contribution is -2.45. The van der Waals surface area contributed by atoms with Gasteiger partial charge in [-0.05, 0) is 12.8 Å². The van der Waals surface area contributed by atoms with Crippen LogP contribution < -0.4 is 10.6 Å². The second kappa shape index (κ2) is 6.36. The van der Waals surface area contributed by atoms with Gasteiger partial charge in [0.25, 0.3) is 0 Å². The highest BCUT2D eigenvalue weighted by Gasteiger charge is 2.27. The van der Waals surface area contributed by atoms with Crippen LogP contribution in [0.3, 0.4) is 0 Å². The van der Waals surface area contributed by atoms with Gasteiger partial charge in [-0.1, -0.05) is 19.3 Å². The normalized spacial score (nSPS) is 18.3. The van der Waals surface area contributed by atoms with Crippen LogP contribution in [0.1, 0.15) is 32.1 Å². The topological polar surface area (TPSA) is 77.3 Å². The van der Waals surface area contributed by atoms with Crippen molar-refractivity contribution in [1.82, 2.24) is 10.6 Å². The maximum absolute atomic E-state index is 11.9. The summed E-state index contributed by atoms with van der Waals surface area (Å²) in [5.74, 6) is -0.823. The third-order valence-electron chi connectivity index (χ3n) is 2.57. The number of alkyl halides is 3. The molecule has 1 fully saturated rings. The molecule has 0 bridgehead atoms. The van der Waals surface area contributed by atoms with E-state index in [-0.39, 0.29) is 6.04 Å². The number of aliphatic imine (C=N–C) groups is 1. The molecule has 0 aromatic heterocycles. The Morgan fingerprint density at radius 2 is 1.89 bits per heavy atom. The van der Waals surface area contributed by atoms with Crippen molar-refractivity contribution in [2.45, 2.75) is 44.4 Å². The fourth-order valence-electron chi connectivity index (χ4n) is 1.82. The second-order valence-electron chi connectivity index (χ2n) is 4.04. The molecular weight excluding hydrogens is 249 g/mol. The summed E-state index contributed by atoms with van der Waals surface area (Å²) in [6, 6.07) is -0.773. The monoisotopic (exact) mass is 264 g/mol. The van der Waals surface area contributed by atoms with Crippen molar-refractivity contribution in [1.29, 1.82) is 5.41 Å². The molecule has 5 nitrogen and oxygen atoms in total. The van der Waals surface area contributed by atoms with Crippen LogP contribution in [-0.2, 0) is 0 Å². The van der Waals surface area contributed by atoms with Crippen molar-refractivity contribution in [2.24, 2.45) is 4.99 Å². The molecule has 0 aliphatic heterocycles. The van der Waals surface area contributed by atoms with E-state index in [2.05, 4.69) is 10.3 Å². The number of hydrogen-bond acceptors (Lipinski definition) is 3. The van der Waals surface area contributed by atoms with E-state index < -0.39 is 18.2 Å². The molecule has 0 heterocycles. The average molecular weight is 264 g/mol. The summed E-state index contributed by atoms with van der Waals surface area (Å²) in [7, 11) is 0. The van der Waals surface area contributed by atoms with E-state index in [9.17, 15) is 18.0 Å². The number of carbonyl (C=O) groups excluding carboxylic acids is 1. The Hall–Kier alpha value is -1.60. The molecule has 102 valence electrons. The van der Waals surface area contributed by atoms with Gasteiger partial charge >= 0.3 is 12.3 Å². The van der Waals surface area contributed by atoms with Crippen molar-refractivity contribution in [3.63, 3.8) is 0 Å². The minimum Gasteiger partial charge on any atom is -0.335 e. The van der Waals surface area contributed by atoms with Gasteiger partial charge in [0.2, 0.25) is 0 Å². The molecule has 1 saturated carbocycles. The predicted octanol–water partition coefficient (Wildman–Crippen LogP) is 2.19.